The Labute approximate surface area is 87.0 Å². The van der Waals surface area contributed by atoms with E-state index in [1.54, 1.807) is 6.07 Å². The fraction of sp³-hybridized carbons (Fsp3) is 0.300. The lowest BCUT2D eigenvalue weighted by Gasteiger charge is -2.12. The molecule has 1 saturated heterocycles. The molecule has 1 N–H and O–H groups in total. The van der Waals surface area contributed by atoms with E-state index in [4.69, 9.17) is 16.3 Å². The fourth-order valence-corrected chi connectivity index (χ4v) is 1.77. The lowest BCUT2D eigenvalue weighted by Crippen LogP contribution is -2.20. The van der Waals surface area contributed by atoms with Crippen molar-refractivity contribution < 1.29 is 9.53 Å². The highest BCUT2D eigenvalue weighted by Gasteiger charge is 2.31. The van der Waals surface area contributed by atoms with Crippen molar-refractivity contribution in [3.05, 3.63) is 34.9 Å². The molecule has 0 aliphatic carbocycles. The second-order valence-corrected chi connectivity index (χ2v) is 3.72. The van der Waals surface area contributed by atoms with Crippen molar-refractivity contribution in [1.29, 1.82) is 0 Å². The van der Waals surface area contributed by atoms with Crippen molar-refractivity contribution in [2.45, 2.75) is 19.1 Å². The highest BCUT2D eigenvalue weighted by molar-refractivity contribution is 6.30. The van der Waals surface area contributed by atoms with Crippen LogP contribution in [-0.2, 0) is 4.74 Å². The standard InChI is InChI=1S/C10H10ClNO2/c1-6-9(12-10(13)14-6)7-3-2-4-8(11)5-7/h2-6,9H,1H3,(H,12,13)/t6-,9-/m1/s1. The minimum atomic E-state index is -0.373. The number of alkyl carbamates (subject to hydrolysis) is 1. The van der Waals surface area contributed by atoms with Crippen molar-refractivity contribution >= 4 is 17.7 Å². The van der Waals surface area contributed by atoms with Gasteiger partial charge in [-0.05, 0) is 24.6 Å². The lowest BCUT2D eigenvalue weighted by molar-refractivity contribution is 0.141. The summed E-state index contributed by atoms with van der Waals surface area (Å²) in [5.74, 6) is 0. The van der Waals surface area contributed by atoms with Crippen molar-refractivity contribution in [2.24, 2.45) is 0 Å². The quantitative estimate of drug-likeness (QED) is 0.775. The Balaban J connectivity index is 2.27. The van der Waals surface area contributed by atoms with Crippen LogP contribution in [0.2, 0.25) is 5.02 Å². The van der Waals surface area contributed by atoms with E-state index in [2.05, 4.69) is 5.32 Å². The van der Waals surface area contributed by atoms with Gasteiger partial charge >= 0.3 is 6.09 Å². The number of carbonyl (C=O) groups is 1. The summed E-state index contributed by atoms with van der Waals surface area (Å²) < 4.78 is 4.97. The monoisotopic (exact) mass is 211 g/mol. The molecular formula is C10H10ClNO2. The Hall–Kier alpha value is -1.22. The van der Waals surface area contributed by atoms with E-state index in [0.717, 1.165) is 5.56 Å². The zero-order chi connectivity index (χ0) is 10.1. The molecule has 0 saturated carbocycles. The Morgan fingerprint density at radius 3 is 2.86 bits per heavy atom. The van der Waals surface area contributed by atoms with Gasteiger partial charge < -0.3 is 10.1 Å². The number of rotatable bonds is 1. The first-order valence-corrected chi connectivity index (χ1v) is 4.77. The maximum absolute atomic E-state index is 11.0. The first-order valence-electron chi connectivity index (χ1n) is 4.39. The normalized spacial score (nSPS) is 25.7. The van der Waals surface area contributed by atoms with E-state index in [-0.39, 0.29) is 18.2 Å². The third-order valence-corrected chi connectivity index (χ3v) is 2.48. The smallest absolute Gasteiger partial charge is 0.408 e. The number of carbonyl (C=O) groups excluding carboxylic acids is 1. The zero-order valence-electron chi connectivity index (χ0n) is 7.66. The third kappa shape index (κ3) is 1.68. The molecule has 1 aromatic rings. The first kappa shape index (κ1) is 9.34. The average Bonchev–Trinajstić information content (AvgIpc) is 2.45. The summed E-state index contributed by atoms with van der Waals surface area (Å²) in [4.78, 5) is 11.0. The van der Waals surface area contributed by atoms with E-state index < -0.39 is 0 Å². The lowest BCUT2D eigenvalue weighted by atomic mass is 10.0. The average molecular weight is 212 g/mol. The van der Waals surface area contributed by atoms with E-state index in [9.17, 15) is 4.79 Å². The fourth-order valence-electron chi connectivity index (χ4n) is 1.57. The van der Waals surface area contributed by atoms with Crippen LogP contribution in [0.15, 0.2) is 24.3 Å². The van der Waals surface area contributed by atoms with Gasteiger partial charge in [0.1, 0.15) is 6.10 Å². The van der Waals surface area contributed by atoms with Gasteiger partial charge in [-0.2, -0.15) is 0 Å². The topological polar surface area (TPSA) is 38.3 Å². The molecule has 1 aliphatic rings. The van der Waals surface area contributed by atoms with Gasteiger partial charge in [0, 0.05) is 5.02 Å². The summed E-state index contributed by atoms with van der Waals surface area (Å²) in [5, 5.41) is 3.39. The summed E-state index contributed by atoms with van der Waals surface area (Å²) in [6.07, 6.45) is -0.525. The van der Waals surface area contributed by atoms with Crippen molar-refractivity contribution in [3.63, 3.8) is 0 Å². The molecule has 0 spiro atoms. The highest BCUT2D eigenvalue weighted by atomic mass is 35.5. The van der Waals surface area contributed by atoms with Gasteiger partial charge in [0.25, 0.3) is 0 Å². The largest absolute Gasteiger partial charge is 0.444 e. The molecule has 1 aliphatic heterocycles. The molecule has 0 bridgehead atoms. The van der Waals surface area contributed by atoms with Gasteiger partial charge in [-0.3, -0.25) is 0 Å². The van der Waals surface area contributed by atoms with Crippen LogP contribution in [0.4, 0.5) is 4.79 Å². The minimum absolute atomic E-state index is 0.0961. The third-order valence-electron chi connectivity index (χ3n) is 2.24. The van der Waals surface area contributed by atoms with E-state index in [1.165, 1.54) is 0 Å². The molecule has 74 valence electrons. The minimum Gasteiger partial charge on any atom is -0.444 e. The predicted molar refractivity (Wildman–Crippen MR) is 53.3 cm³/mol. The maximum atomic E-state index is 11.0. The van der Waals surface area contributed by atoms with Crippen molar-refractivity contribution in [3.8, 4) is 0 Å². The van der Waals surface area contributed by atoms with E-state index >= 15 is 0 Å². The number of cyclic esters (lactones) is 1. The number of amides is 1. The number of halogens is 1. The number of benzene rings is 1. The second kappa shape index (κ2) is 3.50. The molecule has 1 aromatic carbocycles. The van der Waals surface area contributed by atoms with E-state index in [0.29, 0.717) is 5.02 Å². The maximum Gasteiger partial charge on any atom is 0.408 e. The highest BCUT2D eigenvalue weighted by Crippen LogP contribution is 2.25. The van der Waals surface area contributed by atoms with Gasteiger partial charge in [-0.1, -0.05) is 23.7 Å². The molecule has 1 fully saturated rings. The van der Waals surface area contributed by atoms with Crippen LogP contribution < -0.4 is 5.32 Å². The summed E-state index contributed by atoms with van der Waals surface area (Å²) in [6, 6.07) is 7.31. The van der Waals surface area contributed by atoms with Gasteiger partial charge in [0.2, 0.25) is 0 Å². The van der Waals surface area contributed by atoms with Crippen LogP contribution >= 0.6 is 11.6 Å². The number of ether oxygens (including phenoxy) is 1. The molecule has 1 amide bonds. The van der Waals surface area contributed by atoms with Crippen molar-refractivity contribution in [2.75, 3.05) is 0 Å². The predicted octanol–water partition coefficient (Wildman–Crippen LogP) is 2.51. The Morgan fingerprint density at radius 2 is 2.29 bits per heavy atom. The molecule has 2 atom stereocenters. The van der Waals surface area contributed by atoms with Crippen LogP contribution in [0.25, 0.3) is 0 Å². The molecule has 2 rings (SSSR count). The number of hydrogen-bond acceptors (Lipinski definition) is 2. The SMILES string of the molecule is C[C@H]1OC(=O)N[C@H]1c1cccc(Cl)c1. The Bertz CT molecular complexity index is 367. The van der Waals surface area contributed by atoms with Crippen LogP contribution in [-0.4, -0.2) is 12.2 Å². The molecule has 0 radical (unpaired) electrons. The second-order valence-electron chi connectivity index (χ2n) is 3.29. The zero-order valence-corrected chi connectivity index (χ0v) is 8.41. The van der Waals surface area contributed by atoms with E-state index in [1.807, 2.05) is 25.1 Å². The summed E-state index contributed by atoms with van der Waals surface area (Å²) in [6.45, 7) is 1.85. The summed E-state index contributed by atoms with van der Waals surface area (Å²) in [7, 11) is 0. The first-order chi connectivity index (χ1) is 6.66. The van der Waals surface area contributed by atoms with Gasteiger partial charge in [0.05, 0.1) is 6.04 Å². The molecule has 14 heavy (non-hydrogen) atoms. The van der Waals surface area contributed by atoms with Crippen LogP contribution in [0.5, 0.6) is 0 Å². The summed E-state index contributed by atoms with van der Waals surface area (Å²) >= 11 is 5.85. The van der Waals surface area contributed by atoms with Crippen LogP contribution in [0.3, 0.4) is 0 Å². The molecule has 3 nitrogen and oxygen atoms in total. The molecule has 0 unspecified atom stereocenters. The number of nitrogens with one attached hydrogen (secondary N) is 1. The molecular weight excluding hydrogens is 202 g/mol. The molecule has 0 aromatic heterocycles. The van der Waals surface area contributed by atoms with Gasteiger partial charge in [-0.15, -0.1) is 0 Å². The molecule has 4 heteroatoms. The van der Waals surface area contributed by atoms with Crippen LogP contribution in [0, 0.1) is 0 Å². The Kier molecular flexibility index (Phi) is 2.33. The summed E-state index contributed by atoms with van der Waals surface area (Å²) in [5.41, 5.74) is 0.968. The molecule has 1 heterocycles. The van der Waals surface area contributed by atoms with Crippen LogP contribution in [0.1, 0.15) is 18.5 Å². The van der Waals surface area contributed by atoms with Gasteiger partial charge in [0.15, 0.2) is 0 Å². The number of hydrogen-bond donors (Lipinski definition) is 1. The Morgan fingerprint density at radius 1 is 1.50 bits per heavy atom. The van der Waals surface area contributed by atoms with Crippen molar-refractivity contribution in [1.82, 2.24) is 5.32 Å². The van der Waals surface area contributed by atoms with Gasteiger partial charge in [-0.25, -0.2) is 4.79 Å².